The molecule has 0 spiro atoms. The number of nitrogens with one attached hydrogen (secondary N) is 1. The molecule has 0 saturated carbocycles. The number of fused-ring (bicyclic) bond motifs is 1. The van der Waals surface area contributed by atoms with E-state index in [2.05, 4.69) is 37.2 Å². The number of anilines is 3. The predicted octanol–water partition coefficient (Wildman–Crippen LogP) is 3.58. The molecule has 0 radical (unpaired) electrons. The van der Waals surface area contributed by atoms with Crippen LogP contribution in [0.25, 0.3) is 16.9 Å². The van der Waals surface area contributed by atoms with Gasteiger partial charge in [-0.15, -0.1) is 0 Å². The molecule has 0 aliphatic carbocycles. The number of pyridine rings is 1. The molecule has 0 amide bonds. The summed E-state index contributed by atoms with van der Waals surface area (Å²) in [6.07, 6.45) is 6.43. The van der Waals surface area contributed by atoms with Gasteiger partial charge in [0.1, 0.15) is 23.0 Å². The lowest BCUT2D eigenvalue weighted by atomic mass is 10.1. The minimum Gasteiger partial charge on any atom is -0.496 e. The van der Waals surface area contributed by atoms with Crippen LogP contribution in [0.5, 0.6) is 11.5 Å². The Labute approximate surface area is 220 Å². The molecule has 4 heterocycles. The average Bonchev–Trinajstić information content (AvgIpc) is 3.37. The number of methoxy groups -OCH3 is 2. The Morgan fingerprint density at radius 2 is 1.78 bits per heavy atom. The first-order chi connectivity index (χ1) is 18.1. The molecule has 1 fully saturated rings. The summed E-state index contributed by atoms with van der Waals surface area (Å²) in [5.74, 6) is 2.70. The molecule has 11 heteroatoms. The Morgan fingerprint density at radius 1 is 1.00 bits per heavy atom. The molecule has 0 unspecified atom stereocenters. The lowest BCUT2D eigenvalue weighted by Gasteiger charge is -2.36. The van der Waals surface area contributed by atoms with E-state index in [1.54, 1.807) is 26.5 Å². The van der Waals surface area contributed by atoms with Gasteiger partial charge in [-0.1, -0.05) is 11.6 Å². The van der Waals surface area contributed by atoms with Crippen LogP contribution in [0.15, 0.2) is 48.9 Å². The maximum Gasteiger partial charge on any atom is 0.224 e. The summed E-state index contributed by atoms with van der Waals surface area (Å²) in [6.45, 7) is 4.21. The Balaban J connectivity index is 1.30. The first kappa shape index (κ1) is 24.9. The SMILES string of the molecule is COc1cc(OC)c(-c2cn3ccc(N4CCN(c5ccnc(NCCCO)n5)CC4)cc3n2)cc1Cl. The lowest BCUT2D eigenvalue weighted by Crippen LogP contribution is -2.46. The van der Waals surface area contributed by atoms with Crippen LogP contribution >= 0.6 is 11.6 Å². The van der Waals surface area contributed by atoms with Crippen LogP contribution in [0.3, 0.4) is 0 Å². The number of aliphatic hydroxyl groups is 1. The number of imidazole rings is 1. The van der Waals surface area contributed by atoms with E-state index < -0.39 is 0 Å². The second-order valence-electron chi connectivity index (χ2n) is 8.68. The van der Waals surface area contributed by atoms with Gasteiger partial charge in [0.25, 0.3) is 0 Å². The van der Waals surface area contributed by atoms with Gasteiger partial charge in [0.05, 0.1) is 24.9 Å². The normalized spacial score (nSPS) is 13.7. The molecule has 1 aliphatic rings. The van der Waals surface area contributed by atoms with Crippen LogP contribution in [0.1, 0.15) is 6.42 Å². The van der Waals surface area contributed by atoms with Gasteiger partial charge in [0, 0.05) is 81.3 Å². The quantitative estimate of drug-likeness (QED) is 0.319. The number of hydrogen-bond acceptors (Lipinski definition) is 9. The van der Waals surface area contributed by atoms with Crippen LogP contribution in [0.4, 0.5) is 17.5 Å². The highest BCUT2D eigenvalue weighted by molar-refractivity contribution is 6.32. The summed E-state index contributed by atoms with van der Waals surface area (Å²) in [4.78, 5) is 18.4. The largest absolute Gasteiger partial charge is 0.496 e. The first-order valence-electron chi connectivity index (χ1n) is 12.2. The molecule has 0 atom stereocenters. The van der Waals surface area contributed by atoms with Gasteiger partial charge in [-0.3, -0.25) is 0 Å². The molecule has 194 valence electrons. The maximum absolute atomic E-state index is 8.97. The van der Waals surface area contributed by atoms with Crippen molar-refractivity contribution in [2.45, 2.75) is 6.42 Å². The van der Waals surface area contributed by atoms with Gasteiger partial charge in [-0.2, -0.15) is 4.98 Å². The Kier molecular flexibility index (Phi) is 7.47. The van der Waals surface area contributed by atoms with Crippen LogP contribution in [0.2, 0.25) is 5.02 Å². The third-order valence-corrected chi connectivity index (χ3v) is 6.72. The van der Waals surface area contributed by atoms with E-state index in [0.717, 1.165) is 54.6 Å². The summed E-state index contributed by atoms with van der Waals surface area (Å²) < 4.78 is 12.9. The highest BCUT2D eigenvalue weighted by atomic mass is 35.5. The lowest BCUT2D eigenvalue weighted by molar-refractivity contribution is 0.292. The minimum absolute atomic E-state index is 0.143. The van der Waals surface area contributed by atoms with Crippen molar-refractivity contribution >= 4 is 34.7 Å². The predicted molar refractivity (Wildman–Crippen MR) is 145 cm³/mol. The summed E-state index contributed by atoms with van der Waals surface area (Å²) in [7, 11) is 3.20. The minimum atomic E-state index is 0.143. The third kappa shape index (κ3) is 5.35. The highest BCUT2D eigenvalue weighted by Crippen LogP contribution is 2.38. The fraction of sp³-hybridized carbons (Fsp3) is 0.346. The van der Waals surface area contributed by atoms with Crippen LogP contribution in [-0.4, -0.2) is 78.0 Å². The number of hydrogen-bond donors (Lipinski definition) is 2. The first-order valence-corrected chi connectivity index (χ1v) is 12.6. The molecule has 10 nitrogen and oxygen atoms in total. The number of rotatable bonds is 9. The molecule has 0 bridgehead atoms. The van der Waals surface area contributed by atoms with E-state index in [9.17, 15) is 0 Å². The Morgan fingerprint density at radius 3 is 2.54 bits per heavy atom. The topological polar surface area (TPSA) is 100 Å². The van der Waals surface area contributed by atoms with Crippen molar-refractivity contribution in [2.24, 2.45) is 0 Å². The van der Waals surface area contributed by atoms with Crippen molar-refractivity contribution in [1.82, 2.24) is 19.4 Å². The second-order valence-corrected chi connectivity index (χ2v) is 9.09. The van der Waals surface area contributed by atoms with Crippen molar-refractivity contribution in [3.63, 3.8) is 0 Å². The monoisotopic (exact) mass is 523 g/mol. The van der Waals surface area contributed by atoms with E-state index in [0.29, 0.717) is 35.4 Å². The summed E-state index contributed by atoms with van der Waals surface area (Å²) in [6, 6.07) is 9.75. The van der Waals surface area contributed by atoms with E-state index >= 15 is 0 Å². The number of aliphatic hydroxyl groups excluding tert-OH is 1. The van der Waals surface area contributed by atoms with Gasteiger partial charge < -0.3 is 34.1 Å². The van der Waals surface area contributed by atoms with Crippen LogP contribution in [-0.2, 0) is 0 Å². The number of ether oxygens (including phenoxy) is 2. The van der Waals surface area contributed by atoms with Crippen LogP contribution in [0, 0.1) is 0 Å². The van der Waals surface area contributed by atoms with E-state index in [1.165, 1.54) is 0 Å². The molecular formula is C26H30ClN7O3. The standard InChI is InChI=1S/C26H30ClN7O3/c1-36-22-16-23(37-2)20(27)15-19(22)21-17-34-8-5-18(14-25(34)30-21)32-9-11-33(12-10-32)24-4-7-29-26(31-24)28-6-3-13-35/h4-5,7-8,14-17,35H,3,6,9-13H2,1-2H3,(H,28,29,31). The molecule has 37 heavy (non-hydrogen) atoms. The zero-order chi connectivity index (χ0) is 25.8. The number of aromatic nitrogens is 4. The van der Waals surface area contributed by atoms with E-state index in [4.69, 9.17) is 31.2 Å². The van der Waals surface area contributed by atoms with Gasteiger partial charge in [0.2, 0.25) is 5.95 Å². The van der Waals surface area contributed by atoms with Gasteiger partial charge in [0.15, 0.2) is 0 Å². The summed E-state index contributed by atoms with van der Waals surface area (Å²) in [5, 5.41) is 12.6. The fourth-order valence-electron chi connectivity index (χ4n) is 4.44. The number of benzene rings is 1. The summed E-state index contributed by atoms with van der Waals surface area (Å²) >= 11 is 6.38. The number of piperazine rings is 1. The van der Waals surface area contributed by atoms with Crippen molar-refractivity contribution in [2.75, 3.05) is 68.7 Å². The second kappa shape index (κ2) is 11.1. The molecular weight excluding hydrogens is 494 g/mol. The molecule has 2 N–H and O–H groups in total. The Bertz CT molecular complexity index is 1370. The van der Waals surface area contributed by atoms with Gasteiger partial charge >= 0.3 is 0 Å². The fourth-order valence-corrected chi connectivity index (χ4v) is 4.68. The van der Waals surface area contributed by atoms with Crippen molar-refractivity contribution in [3.05, 3.63) is 53.9 Å². The number of halogens is 1. The molecule has 1 saturated heterocycles. The zero-order valence-corrected chi connectivity index (χ0v) is 21.6. The van der Waals surface area contributed by atoms with Gasteiger partial charge in [-0.05, 0) is 24.6 Å². The van der Waals surface area contributed by atoms with Crippen molar-refractivity contribution in [3.8, 4) is 22.8 Å². The van der Waals surface area contributed by atoms with E-state index in [1.807, 2.05) is 28.9 Å². The van der Waals surface area contributed by atoms with Crippen molar-refractivity contribution in [1.29, 1.82) is 0 Å². The molecule has 1 aliphatic heterocycles. The maximum atomic E-state index is 8.97. The third-order valence-electron chi connectivity index (χ3n) is 6.42. The Hall–Kier alpha value is -3.76. The average molecular weight is 524 g/mol. The summed E-state index contributed by atoms with van der Waals surface area (Å²) in [5.41, 5.74) is 3.55. The van der Waals surface area contributed by atoms with Crippen LogP contribution < -0.4 is 24.6 Å². The molecule has 5 rings (SSSR count). The van der Waals surface area contributed by atoms with E-state index in [-0.39, 0.29) is 6.61 Å². The highest BCUT2D eigenvalue weighted by Gasteiger charge is 2.20. The molecule has 3 aromatic heterocycles. The molecule has 1 aromatic carbocycles. The molecule has 4 aromatic rings. The van der Waals surface area contributed by atoms with Crippen molar-refractivity contribution < 1.29 is 14.6 Å². The zero-order valence-electron chi connectivity index (χ0n) is 20.9. The van der Waals surface area contributed by atoms with Gasteiger partial charge in [-0.25, -0.2) is 9.97 Å². The number of nitrogens with zero attached hydrogens (tertiary/aromatic N) is 6. The smallest absolute Gasteiger partial charge is 0.224 e.